The van der Waals surface area contributed by atoms with Gasteiger partial charge in [-0.2, -0.15) is 4.99 Å². The molecule has 2 amide bonds. The molecular formula is C24H32N4O4S. The van der Waals surface area contributed by atoms with Crippen molar-refractivity contribution in [3.8, 4) is 0 Å². The van der Waals surface area contributed by atoms with Gasteiger partial charge in [0.2, 0.25) is 5.91 Å². The quantitative estimate of drug-likeness (QED) is 0.627. The van der Waals surface area contributed by atoms with Crippen molar-refractivity contribution in [2.24, 2.45) is 16.3 Å². The summed E-state index contributed by atoms with van der Waals surface area (Å²) in [5.74, 6) is -0.760. The summed E-state index contributed by atoms with van der Waals surface area (Å²) >= 11 is 1.30. The number of hydrogen-bond donors (Lipinski definition) is 2. The van der Waals surface area contributed by atoms with E-state index in [4.69, 9.17) is 4.74 Å². The zero-order valence-corrected chi connectivity index (χ0v) is 20.5. The summed E-state index contributed by atoms with van der Waals surface area (Å²) in [5.41, 5.74) is 1.78. The zero-order chi connectivity index (χ0) is 24.0. The van der Waals surface area contributed by atoms with Crippen LogP contribution >= 0.6 is 11.3 Å². The molecule has 0 unspecified atom stereocenters. The van der Waals surface area contributed by atoms with Crippen molar-refractivity contribution in [3.63, 3.8) is 0 Å². The Morgan fingerprint density at radius 2 is 1.97 bits per heavy atom. The number of ether oxygens (including phenoxy) is 1. The predicted octanol–water partition coefficient (Wildman–Crippen LogP) is 3.47. The van der Waals surface area contributed by atoms with E-state index in [2.05, 4.69) is 15.6 Å². The number of thiazole rings is 1. The molecule has 1 aromatic heterocycles. The van der Waals surface area contributed by atoms with Gasteiger partial charge in [0.15, 0.2) is 11.5 Å². The van der Waals surface area contributed by atoms with Crippen LogP contribution in [0.4, 0.5) is 5.69 Å². The molecule has 0 saturated carbocycles. The minimum atomic E-state index is -0.397. The highest BCUT2D eigenvalue weighted by molar-refractivity contribution is 7.07. The fraction of sp³-hybridized carbons (Fsp3) is 0.500. The second-order valence-corrected chi connectivity index (χ2v) is 10.4. The highest BCUT2D eigenvalue weighted by atomic mass is 32.1. The number of esters is 1. The first kappa shape index (κ1) is 24.9. The van der Waals surface area contributed by atoms with E-state index in [0.29, 0.717) is 22.5 Å². The van der Waals surface area contributed by atoms with Crippen molar-refractivity contribution in [1.82, 2.24) is 9.88 Å². The van der Waals surface area contributed by atoms with E-state index in [-0.39, 0.29) is 29.9 Å². The minimum Gasteiger partial charge on any atom is -0.444 e. The Morgan fingerprint density at radius 3 is 2.64 bits per heavy atom. The summed E-state index contributed by atoms with van der Waals surface area (Å²) in [6.45, 7) is 9.53. The molecule has 0 bridgehead atoms. The van der Waals surface area contributed by atoms with Crippen LogP contribution < -0.4 is 15.4 Å². The first-order valence-corrected chi connectivity index (χ1v) is 12.0. The Kier molecular flexibility index (Phi) is 8.20. The number of aryl methyl sites for hydroxylation is 1. The van der Waals surface area contributed by atoms with Crippen molar-refractivity contribution in [1.29, 1.82) is 0 Å². The van der Waals surface area contributed by atoms with E-state index in [0.717, 1.165) is 31.5 Å². The highest BCUT2D eigenvalue weighted by Crippen LogP contribution is 2.22. The fourth-order valence-corrected chi connectivity index (χ4v) is 4.27. The van der Waals surface area contributed by atoms with Gasteiger partial charge in [-0.25, -0.2) is 0 Å². The number of carbonyl (C=O) groups excluding carboxylic acids is 3. The molecule has 9 heteroatoms. The molecule has 1 aliphatic rings. The summed E-state index contributed by atoms with van der Waals surface area (Å²) in [7, 11) is 0. The van der Waals surface area contributed by atoms with Crippen LogP contribution in [0.25, 0.3) is 0 Å². The molecule has 2 heterocycles. The van der Waals surface area contributed by atoms with Gasteiger partial charge in [-0.05, 0) is 62.0 Å². The van der Waals surface area contributed by atoms with E-state index in [1.807, 2.05) is 27.7 Å². The normalized spacial score (nSPS) is 15.3. The van der Waals surface area contributed by atoms with Crippen molar-refractivity contribution in [3.05, 3.63) is 45.7 Å². The lowest BCUT2D eigenvalue weighted by Gasteiger charge is -2.20. The zero-order valence-electron chi connectivity index (χ0n) is 19.6. The fourth-order valence-electron chi connectivity index (χ4n) is 3.56. The Morgan fingerprint density at radius 1 is 1.24 bits per heavy atom. The molecule has 1 fully saturated rings. The van der Waals surface area contributed by atoms with Crippen LogP contribution in [-0.4, -0.2) is 35.4 Å². The molecular weight excluding hydrogens is 440 g/mol. The van der Waals surface area contributed by atoms with Gasteiger partial charge in [-0.15, -0.1) is 11.3 Å². The summed E-state index contributed by atoms with van der Waals surface area (Å²) in [5, 5.41) is 7.93. The Balaban J connectivity index is 1.65. The Bertz CT molecular complexity index is 1070. The van der Waals surface area contributed by atoms with Crippen molar-refractivity contribution in [2.45, 2.75) is 53.7 Å². The number of nitrogens with one attached hydrogen (secondary N) is 2. The van der Waals surface area contributed by atoms with Crippen molar-refractivity contribution < 1.29 is 19.1 Å². The summed E-state index contributed by atoms with van der Waals surface area (Å²) in [6.07, 6.45) is 3.69. The van der Waals surface area contributed by atoms with Crippen molar-refractivity contribution >= 4 is 34.8 Å². The Hall–Kier alpha value is -2.78. The highest BCUT2D eigenvalue weighted by Gasteiger charge is 2.22. The van der Waals surface area contributed by atoms with Gasteiger partial charge in [-0.3, -0.25) is 19.0 Å². The van der Waals surface area contributed by atoms with E-state index in [1.165, 1.54) is 11.3 Å². The number of carbonyl (C=O) groups is 3. The van der Waals surface area contributed by atoms with Gasteiger partial charge in [0.1, 0.15) is 0 Å². The van der Waals surface area contributed by atoms with Crippen LogP contribution in [0.3, 0.4) is 0 Å². The van der Waals surface area contributed by atoms with E-state index in [1.54, 1.807) is 34.3 Å². The smallest absolute Gasteiger partial charge is 0.310 e. The number of anilines is 1. The topological polar surface area (TPSA) is 102 Å². The maximum absolute atomic E-state index is 12.7. The maximum atomic E-state index is 12.7. The molecule has 0 aliphatic carbocycles. The first-order valence-electron chi connectivity index (χ1n) is 11.1. The molecule has 0 atom stereocenters. The van der Waals surface area contributed by atoms with Gasteiger partial charge < -0.3 is 15.4 Å². The third-order valence-electron chi connectivity index (χ3n) is 5.31. The number of aromatic nitrogens is 1. The number of piperidine rings is 1. The van der Waals surface area contributed by atoms with E-state index in [9.17, 15) is 14.4 Å². The molecule has 0 spiro atoms. The first-order chi connectivity index (χ1) is 15.6. The van der Waals surface area contributed by atoms with Gasteiger partial charge in [0, 0.05) is 29.2 Å². The summed E-state index contributed by atoms with van der Waals surface area (Å²) in [4.78, 5) is 41.9. The van der Waals surface area contributed by atoms with Gasteiger partial charge >= 0.3 is 5.97 Å². The number of amides is 2. The SMILES string of the molecule is Cc1cc(C(=O)/N=c2\sccn2COC(=O)C2CCNCC2)ccc1NC(=O)CC(C)(C)C. The minimum absolute atomic E-state index is 0.0240. The van der Waals surface area contributed by atoms with Crippen LogP contribution in [0.5, 0.6) is 0 Å². The van der Waals surface area contributed by atoms with Crippen LogP contribution in [0.15, 0.2) is 34.8 Å². The lowest BCUT2D eigenvalue weighted by atomic mass is 9.92. The molecule has 8 nitrogen and oxygen atoms in total. The van der Waals surface area contributed by atoms with Crippen molar-refractivity contribution in [2.75, 3.05) is 18.4 Å². The number of rotatable bonds is 6. The van der Waals surface area contributed by atoms with Crippen LogP contribution in [0.2, 0.25) is 0 Å². The number of nitrogens with zero attached hydrogens (tertiary/aromatic N) is 2. The molecule has 1 aromatic carbocycles. The lowest BCUT2D eigenvalue weighted by Crippen LogP contribution is -2.33. The molecule has 1 aliphatic heterocycles. The lowest BCUT2D eigenvalue weighted by molar-refractivity contribution is -0.153. The second kappa shape index (κ2) is 10.9. The standard InChI is InChI=1S/C24H32N4O4S/c1-16-13-18(5-6-19(16)26-20(29)14-24(2,3)4)21(30)27-23-28(11-12-33-23)15-32-22(31)17-7-9-25-10-8-17/h5-6,11-13,17,25H,7-10,14-15H2,1-4H3,(H,26,29)/b27-23-. The molecule has 178 valence electrons. The third kappa shape index (κ3) is 7.36. The average molecular weight is 473 g/mol. The van der Waals surface area contributed by atoms with Crippen LogP contribution in [0.1, 0.15) is 56.0 Å². The number of hydrogen-bond acceptors (Lipinski definition) is 6. The van der Waals surface area contributed by atoms with Crippen LogP contribution in [-0.2, 0) is 21.1 Å². The molecule has 0 radical (unpaired) electrons. The molecule has 2 aromatic rings. The van der Waals surface area contributed by atoms with Gasteiger partial charge in [-0.1, -0.05) is 20.8 Å². The molecule has 1 saturated heterocycles. The maximum Gasteiger partial charge on any atom is 0.310 e. The largest absolute Gasteiger partial charge is 0.444 e. The number of benzene rings is 1. The predicted molar refractivity (Wildman–Crippen MR) is 128 cm³/mol. The average Bonchev–Trinajstić information content (AvgIpc) is 3.19. The summed E-state index contributed by atoms with van der Waals surface area (Å²) < 4.78 is 7.10. The van der Waals surface area contributed by atoms with Crippen LogP contribution in [0, 0.1) is 18.3 Å². The molecule has 2 N–H and O–H groups in total. The van der Waals surface area contributed by atoms with E-state index >= 15 is 0 Å². The second-order valence-electron chi connectivity index (χ2n) is 9.50. The summed E-state index contributed by atoms with van der Waals surface area (Å²) in [6, 6.07) is 5.09. The monoisotopic (exact) mass is 472 g/mol. The molecule has 33 heavy (non-hydrogen) atoms. The third-order valence-corrected chi connectivity index (χ3v) is 6.11. The van der Waals surface area contributed by atoms with Gasteiger partial charge in [0.05, 0.1) is 5.92 Å². The van der Waals surface area contributed by atoms with Gasteiger partial charge in [0.25, 0.3) is 5.91 Å². The molecule has 3 rings (SSSR count). The Labute approximate surface area is 198 Å². The van der Waals surface area contributed by atoms with E-state index < -0.39 is 5.91 Å².